The van der Waals surface area contributed by atoms with Gasteiger partial charge in [0.1, 0.15) is 18.2 Å². The minimum Gasteiger partial charge on any atom is -0.496 e. The van der Waals surface area contributed by atoms with Crippen LogP contribution in [-0.2, 0) is 6.61 Å². The fourth-order valence-electron chi connectivity index (χ4n) is 2.67. The number of nitro benzene ring substituents is 1. The van der Waals surface area contributed by atoms with Gasteiger partial charge in [-0.05, 0) is 61.5 Å². The van der Waals surface area contributed by atoms with Crippen LogP contribution < -0.4 is 9.47 Å². The first-order valence-electron chi connectivity index (χ1n) is 8.62. The molecule has 2 aromatic carbocycles. The molecule has 3 aromatic rings. The van der Waals surface area contributed by atoms with E-state index in [1.54, 1.807) is 45.4 Å². The first kappa shape index (κ1) is 20.2. The number of benzene rings is 2. The number of ether oxygens (including phenoxy) is 2. The summed E-state index contributed by atoms with van der Waals surface area (Å²) in [6.07, 6.45) is 1.63. The van der Waals surface area contributed by atoms with Gasteiger partial charge in [-0.1, -0.05) is 6.07 Å². The van der Waals surface area contributed by atoms with E-state index in [1.165, 1.54) is 10.7 Å². The second-order valence-electron chi connectivity index (χ2n) is 6.22. The summed E-state index contributed by atoms with van der Waals surface area (Å²) in [6.45, 7) is 3.67. The number of aromatic nitrogens is 3. The molecule has 0 unspecified atom stereocenters. The van der Waals surface area contributed by atoms with Crippen LogP contribution in [0.4, 0.5) is 5.69 Å². The number of methoxy groups -OCH3 is 1. The summed E-state index contributed by atoms with van der Waals surface area (Å²) in [6, 6.07) is 10.3. The van der Waals surface area contributed by atoms with E-state index in [2.05, 4.69) is 15.3 Å². The zero-order chi connectivity index (χ0) is 21.0. The summed E-state index contributed by atoms with van der Waals surface area (Å²) in [5.74, 6) is 1.44. The second-order valence-corrected chi connectivity index (χ2v) is 6.61. The predicted octanol–water partition coefficient (Wildman–Crippen LogP) is 3.94. The number of nitrogens with one attached hydrogen (secondary N) is 1. The van der Waals surface area contributed by atoms with Crippen molar-refractivity contribution in [1.29, 1.82) is 0 Å². The Morgan fingerprint density at radius 3 is 2.69 bits per heavy atom. The van der Waals surface area contributed by atoms with Crippen molar-refractivity contribution >= 4 is 24.1 Å². The van der Waals surface area contributed by atoms with Gasteiger partial charge < -0.3 is 9.47 Å². The standard InChI is InChI=1S/C19H19N5O4S/c1-12-4-6-18(16(8-12)24(25)26)28-11-15-9-14(5-7-17(15)27-3)10-20-23-13(2)21-22-19(23)29/h4-10H,11H2,1-3H3,(H,22,29). The Morgan fingerprint density at radius 2 is 2.03 bits per heavy atom. The van der Waals surface area contributed by atoms with E-state index >= 15 is 0 Å². The topological polar surface area (TPSA) is 108 Å². The summed E-state index contributed by atoms with van der Waals surface area (Å²) >= 11 is 5.13. The maximum Gasteiger partial charge on any atom is 0.311 e. The predicted molar refractivity (Wildman–Crippen MR) is 110 cm³/mol. The fraction of sp³-hybridized carbons (Fsp3) is 0.211. The third-order valence-corrected chi connectivity index (χ3v) is 4.40. The molecule has 1 heterocycles. The molecule has 0 bridgehead atoms. The van der Waals surface area contributed by atoms with Gasteiger partial charge >= 0.3 is 5.69 Å². The first-order chi connectivity index (χ1) is 13.9. The van der Waals surface area contributed by atoms with Crippen molar-refractivity contribution < 1.29 is 14.4 Å². The molecule has 0 radical (unpaired) electrons. The molecule has 1 N–H and O–H groups in total. The van der Waals surface area contributed by atoms with Gasteiger partial charge in [-0.2, -0.15) is 14.9 Å². The van der Waals surface area contributed by atoms with E-state index < -0.39 is 4.92 Å². The lowest BCUT2D eigenvalue weighted by atomic mass is 10.1. The van der Waals surface area contributed by atoms with Gasteiger partial charge in [0.05, 0.1) is 18.2 Å². The van der Waals surface area contributed by atoms with Crippen LogP contribution in [0, 0.1) is 28.7 Å². The summed E-state index contributed by atoms with van der Waals surface area (Å²) in [4.78, 5) is 10.8. The maximum absolute atomic E-state index is 11.3. The minimum atomic E-state index is -0.459. The molecule has 0 spiro atoms. The molecule has 0 aliphatic heterocycles. The molecule has 29 heavy (non-hydrogen) atoms. The number of nitrogens with zero attached hydrogens (tertiary/aromatic N) is 4. The maximum atomic E-state index is 11.3. The Hall–Kier alpha value is -3.53. The van der Waals surface area contributed by atoms with Gasteiger partial charge in [0.2, 0.25) is 4.77 Å². The minimum absolute atomic E-state index is 0.0773. The molecule has 0 aliphatic carbocycles. The highest BCUT2D eigenvalue weighted by Crippen LogP contribution is 2.29. The quantitative estimate of drug-likeness (QED) is 0.272. The number of hydrogen-bond acceptors (Lipinski definition) is 7. The number of aromatic amines is 1. The van der Waals surface area contributed by atoms with Crippen LogP contribution >= 0.6 is 12.2 Å². The number of hydrogen-bond donors (Lipinski definition) is 1. The molecule has 0 saturated heterocycles. The van der Waals surface area contributed by atoms with Crippen molar-refractivity contribution in [2.45, 2.75) is 20.5 Å². The average molecular weight is 413 g/mol. The van der Waals surface area contributed by atoms with Crippen LogP contribution in [0.15, 0.2) is 41.5 Å². The normalized spacial score (nSPS) is 11.0. The molecule has 0 fully saturated rings. The van der Waals surface area contributed by atoms with Gasteiger partial charge in [-0.25, -0.2) is 0 Å². The summed E-state index contributed by atoms with van der Waals surface area (Å²) < 4.78 is 13.0. The molecule has 0 amide bonds. The SMILES string of the molecule is COc1ccc(C=Nn2c(C)n[nH]c2=S)cc1COc1ccc(C)cc1[N+](=O)[O-]. The molecule has 10 heteroatoms. The molecule has 0 aliphatic rings. The smallest absolute Gasteiger partial charge is 0.311 e. The zero-order valence-electron chi connectivity index (χ0n) is 16.1. The lowest BCUT2D eigenvalue weighted by Crippen LogP contribution is -2.02. The van der Waals surface area contributed by atoms with Gasteiger partial charge in [-0.3, -0.25) is 15.2 Å². The lowest BCUT2D eigenvalue weighted by Gasteiger charge is -2.11. The van der Waals surface area contributed by atoms with Crippen molar-refractivity contribution in [3.8, 4) is 11.5 Å². The van der Waals surface area contributed by atoms with E-state index in [9.17, 15) is 10.1 Å². The molecule has 0 atom stereocenters. The van der Waals surface area contributed by atoms with E-state index in [1.807, 2.05) is 12.1 Å². The largest absolute Gasteiger partial charge is 0.496 e. The van der Waals surface area contributed by atoms with Crippen LogP contribution in [-0.4, -0.2) is 33.1 Å². The van der Waals surface area contributed by atoms with Gasteiger partial charge in [0.25, 0.3) is 0 Å². The third-order valence-electron chi connectivity index (χ3n) is 4.13. The Morgan fingerprint density at radius 1 is 1.28 bits per heavy atom. The molecular weight excluding hydrogens is 394 g/mol. The van der Waals surface area contributed by atoms with Gasteiger partial charge in [-0.15, -0.1) is 0 Å². The van der Waals surface area contributed by atoms with Crippen LogP contribution in [0.3, 0.4) is 0 Å². The van der Waals surface area contributed by atoms with Crippen LogP contribution in [0.5, 0.6) is 11.5 Å². The highest BCUT2D eigenvalue weighted by atomic mass is 32.1. The van der Waals surface area contributed by atoms with E-state index in [0.717, 1.165) is 16.7 Å². The highest BCUT2D eigenvalue weighted by Gasteiger charge is 2.16. The van der Waals surface area contributed by atoms with Crippen molar-refractivity contribution in [3.05, 3.63) is 73.8 Å². The first-order valence-corrected chi connectivity index (χ1v) is 9.03. The average Bonchev–Trinajstić information content (AvgIpc) is 3.02. The van der Waals surface area contributed by atoms with Crippen molar-refractivity contribution in [3.63, 3.8) is 0 Å². The van der Waals surface area contributed by atoms with Crippen LogP contribution in [0.25, 0.3) is 0 Å². The van der Waals surface area contributed by atoms with Gasteiger partial charge in [0, 0.05) is 11.6 Å². The van der Waals surface area contributed by atoms with E-state index in [-0.39, 0.29) is 18.0 Å². The summed E-state index contributed by atoms with van der Waals surface area (Å²) in [5.41, 5.74) is 2.21. The zero-order valence-corrected chi connectivity index (χ0v) is 16.9. The molecule has 9 nitrogen and oxygen atoms in total. The lowest BCUT2D eigenvalue weighted by molar-refractivity contribution is -0.386. The van der Waals surface area contributed by atoms with E-state index in [0.29, 0.717) is 16.3 Å². The summed E-state index contributed by atoms with van der Waals surface area (Å²) in [7, 11) is 1.55. The molecule has 150 valence electrons. The molecular formula is C19H19N5O4S. The van der Waals surface area contributed by atoms with E-state index in [4.69, 9.17) is 21.7 Å². The number of nitro groups is 1. The van der Waals surface area contributed by atoms with Gasteiger partial charge in [0.15, 0.2) is 5.75 Å². The third kappa shape index (κ3) is 4.66. The fourth-order valence-corrected chi connectivity index (χ4v) is 2.89. The number of H-pyrrole nitrogens is 1. The van der Waals surface area contributed by atoms with Crippen molar-refractivity contribution in [1.82, 2.24) is 14.9 Å². The summed E-state index contributed by atoms with van der Waals surface area (Å²) in [5, 5.41) is 22.3. The molecule has 3 rings (SSSR count). The highest BCUT2D eigenvalue weighted by molar-refractivity contribution is 7.71. The van der Waals surface area contributed by atoms with Crippen molar-refractivity contribution in [2.75, 3.05) is 7.11 Å². The van der Waals surface area contributed by atoms with Crippen molar-refractivity contribution in [2.24, 2.45) is 5.10 Å². The monoisotopic (exact) mass is 413 g/mol. The molecule has 0 saturated carbocycles. The second kappa shape index (κ2) is 8.65. The Kier molecular flexibility index (Phi) is 6.03. The Bertz CT molecular complexity index is 1140. The number of rotatable bonds is 7. The Labute approximate surface area is 171 Å². The molecule has 1 aromatic heterocycles. The van der Waals surface area contributed by atoms with Crippen LogP contribution in [0.2, 0.25) is 0 Å². The Balaban J connectivity index is 1.85. The van der Waals surface area contributed by atoms with Crippen LogP contribution in [0.1, 0.15) is 22.5 Å². The number of aryl methyl sites for hydroxylation is 2.